The molecule has 0 spiro atoms. The van der Waals surface area contributed by atoms with Crippen molar-refractivity contribution < 1.29 is 8.42 Å². The molecule has 20 heavy (non-hydrogen) atoms. The molecule has 1 fully saturated rings. The van der Waals surface area contributed by atoms with E-state index in [0.717, 1.165) is 30.3 Å². The second-order valence-electron chi connectivity index (χ2n) is 5.22. The Morgan fingerprint density at radius 3 is 2.20 bits per heavy atom. The van der Waals surface area contributed by atoms with Crippen molar-refractivity contribution in [3.8, 4) is 0 Å². The van der Waals surface area contributed by atoms with Gasteiger partial charge in [0.15, 0.2) is 4.90 Å². The maximum atomic E-state index is 12.4. The van der Waals surface area contributed by atoms with Gasteiger partial charge < -0.3 is 0 Å². The van der Waals surface area contributed by atoms with E-state index in [0.29, 0.717) is 0 Å². The molecule has 1 aromatic heterocycles. The van der Waals surface area contributed by atoms with Gasteiger partial charge in [-0.05, 0) is 19.8 Å². The fourth-order valence-electron chi connectivity index (χ4n) is 2.55. The molecule has 1 heterocycles. The number of nitrogens with zero attached hydrogens (tertiary/aromatic N) is 2. The van der Waals surface area contributed by atoms with Crippen LogP contribution in [0, 0.1) is 6.92 Å². The minimum absolute atomic E-state index is 0.124. The Bertz CT molecular complexity index is 739. The maximum absolute atomic E-state index is 12.4. The van der Waals surface area contributed by atoms with Gasteiger partial charge in [0.25, 0.3) is 5.56 Å². The molecule has 0 amide bonds. The molecule has 0 bridgehead atoms. The first-order valence-corrected chi connectivity index (χ1v) is 8.03. The Hall–Kier alpha value is -1.41. The first-order chi connectivity index (χ1) is 9.25. The average molecular weight is 301 g/mol. The smallest absolute Gasteiger partial charge is 0.300 e. The summed E-state index contributed by atoms with van der Waals surface area (Å²) in [6, 6.07) is -0.124. The van der Waals surface area contributed by atoms with E-state index in [1.807, 2.05) is 0 Å². The van der Waals surface area contributed by atoms with E-state index in [-0.39, 0.29) is 16.6 Å². The van der Waals surface area contributed by atoms with E-state index in [1.165, 1.54) is 25.6 Å². The van der Waals surface area contributed by atoms with Crippen LogP contribution in [-0.2, 0) is 24.1 Å². The summed E-state index contributed by atoms with van der Waals surface area (Å²) in [5.41, 5.74) is -1.16. The van der Waals surface area contributed by atoms with Crippen LogP contribution in [0.3, 0.4) is 0 Å². The maximum Gasteiger partial charge on any atom is 0.330 e. The fourth-order valence-corrected chi connectivity index (χ4v) is 4.23. The first kappa shape index (κ1) is 15.0. The van der Waals surface area contributed by atoms with E-state index in [1.54, 1.807) is 0 Å². The van der Waals surface area contributed by atoms with Crippen molar-refractivity contribution in [2.75, 3.05) is 0 Å². The van der Waals surface area contributed by atoms with Gasteiger partial charge in [0, 0.05) is 25.8 Å². The van der Waals surface area contributed by atoms with E-state index in [4.69, 9.17) is 0 Å². The number of nitrogens with one attached hydrogen (secondary N) is 1. The molecular weight excluding hydrogens is 282 g/mol. The van der Waals surface area contributed by atoms with E-state index < -0.39 is 21.3 Å². The van der Waals surface area contributed by atoms with Crippen LogP contribution in [0.2, 0.25) is 0 Å². The Labute approximate surface area is 117 Å². The van der Waals surface area contributed by atoms with Crippen molar-refractivity contribution in [2.45, 2.75) is 43.5 Å². The summed E-state index contributed by atoms with van der Waals surface area (Å²) in [7, 11) is -1.18. The Kier molecular flexibility index (Phi) is 3.88. The van der Waals surface area contributed by atoms with Crippen LogP contribution in [0.5, 0.6) is 0 Å². The molecule has 112 valence electrons. The van der Waals surface area contributed by atoms with Crippen LogP contribution in [0.4, 0.5) is 0 Å². The molecule has 1 aromatic rings. The van der Waals surface area contributed by atoms with Gasteiger partial charge in [-0.15, -0.1) is 0 Å². The molecule has 1 saturated carbocycles. The van der Waals surface area contributed by atoms with Crippen molar-refractivity contribution in [1.82, 2.24) is 13.9 Å². The molecule has 2 rings (SSSR count). The van der Waals surface area contributed by atoms with Crippen molar-refractivity contribution in [3.05, 3.63) is 26.5 Å². The van der Waals surface area contributed by atoms with Gasteiger partial charge in [0.1, 0.15) is 0 Å². The predicted octanol–water partition coefficient (Wildman–Crippen LogP) is -0.387. The SMILES string of the molecule is Cc1c(S(=O)(=O)NC2CCCC2)c(=O)n(C)c(=O)n1C. The molecule has 0 radical (unpaired) electrons. The van der Waals surface area contributed by atoms with Gasteiger partial charge >= 0.3 is 5.69 Å². The summed E-state index contributed by atoms with van der Waals surface area (Å²) in [5.74, 6) is 0. The standard InChI is InChI=1S/C12H19N3O4S/c1-8-10(11(16)15(3)12(17)14(8)2)20(18,19)13-9-6-4-5-7-9/h9,13H,4-7H2,1-3H3. The Morgan fingerprint density at radius 2 is 1.65 bits per heavy atom. The quantitative estimate of drug-likeness (QED) is 0.823. The topological polar surface area (TPSA) is 90.2 Å². The third-order valence-corrected chi connectivity index (χ3v) is 5.50. The molecule has 0 atom stereocenters. The molecule has 1 aliphatic rings. The fraction of sp³-hybridized carbons (Fsp3) is 0.667. The van der Waals surface area contributed by atoms with Crippen LogP contribution >= 0.6 is 0 Å². The van der Waals surface area contributed by atoms with Crippen LogP contribution in [0.1, 0.15) is 31.4 Å². The second-order valence-corrected chi connectivity index (χ2v) is 6.87. The van der Waals surface area contributed by atoms with Gasteiger partial charge in [0.05, 0.1) is 0 Å². The van der Waals surface area contributed by atoms with Crippen LogP contribution in [0.25, 0.3) is 0 Å². The summed E-state index contributed by atoms with van der Waals surface area (Å²) in [6.45, 7) is 1.46. The van der Waals surface area contributed by atoms with Gasteiger partial charge in [-0.3, -0.25) is 13.9 Å². The molecule has 0 aliphatic heterocycles. The summed E-state index contributed by atoms with van der Waals surface area (Å²) in [6.07, 6.45) is 3.53. The highest BCUT2D eigenvalue weighted by molar-refractivity contribution is 7.89. The molecule has 1 N–H and O–H groups in total. The van der Waals surface area contributed by atoms with Crippen molar-refractivity contribution >= 4 is 10.0 Å². The molecule has 0 unspecified atom stereocenters. The third kappa shape index (κ3) is 2.45. The molecule has 0 saturated heterocycles. The summed E-state index contributed by atoms with van der Waals surface area (Å²) >= 11 is 0. The summed E-state index contributed by atoms with van der Waals surface area (Å²) in [4.78, 5) is 23.5. The lowest BCUT2D eigenvalue weighted by molar-refractivity contribution is 0.542. The van der Waals surface area contributed by atoms with Gasteiger partial charge in [-0.2, -0.15) is 0 Å². The number of aromatic nitrogens is 2. The van der Waals surface area contributed by atoms with E-state index >= 15 is 0 Å². The lowest BCUT2D eigenvalue weighted by atomic mass is 10.3. The molecular formula is C12H19N3O4S. The highest BCUT2D eigenvalue weighted by Gasteiger charge is 2.28. The molecule has 1 aliphatic carbocycles. The van der Waals surface area contributed by atoms with E-state index in [9.17, 15) is 18.0 Å². The van der Waals surface area contributed by atoms with Crippen LogP contribution in [0.15, 0.2) is 14.5 Å². The molecule has 0 aromatic carbocycles. The lowest BCUT2D eigenvalue weighted by Gasteiger charge is -2.16. The molecule has 7 nitrogen and oxygen atoms in total. The highest BCUT2D eigenvalue weighted by Crippen LogP contribution is 2.20. The summed E-state index contributed by atoms with van der Waals surface area (Å²) in [5, 5.41) is 0. The van der Waals surface area contributed by atoms with Crippen LogP contribution < -0.4 is 16.0 Å². The number of hydrogen-bond donors (Lipinski definition) is 1. The normalized spacial score (nSPS) is 16.8. The average Bonchev–Trinajstić information content (AvgIpc) is 2.86. The minimum atomic E-state index is -3.91. The van der Waals surface area contributed by atoms with E-state index in [2.05, 4.69) is 4.72 Å². The van der Waals surface area contributed by atoms with Crippen LogP contribution in [-0.4, -0.2) is 23.6 Å². The van der Waals surface area contributed by atoms with Crippen molar-refractivity contribution in [2.24, 2.45) is 14.1 Å². The van der Waals surface area contributed by atoms with Crippen molar-refractivity contribution in [3.63, 3.8) is 0 Å². The van der Waals surface area contributed by atoms with Gasteiger partial charge in [-0.1, -0.05) is 12.8 Å². The van der Waals surface area contributed by atoms with Gasteiger partial charge in [-0.25, -0.2) is 17.9 Å². The molecule has 8 heteroatoms. The zero-order valence-corrected chi connectivity index (χ0v) is 12.7. The highest BCUT2D eigenvalue weighted by atomic mass is 32.2. The Morgan fingerprint density at radius 1 is 1.10 bits per heavy atom. The lowest BCUT2D eigenvalue weighted by Crippen LogP contribution is -2.44. The van der Waals surface area contributed by atoms with Crippen molar-refractivity contribution in [1.29, 1.82) is 0 Å². The summed E-state index contributed by atoms with van der Waals surface area (Å²) < 4.78 is 29.4. The van der Waals surface area contributed by atoms with Gasteiger partial charge in [0.2, 0.25) is 10.0 Å². The Balaban J connectivity index is 2.57. The number of rotatable bonds is 3. The minimum Gasteiger partial charge on any atom is -0.300 e. The number of hydrogen-bond acceptors (Lipinski definition) is 4. The first-order valence-electron chi connectivity index (χ1n) is 6.54. The monoisotopic (exact) mass is 301 g/mol. The second kappa shape index (κ2) is 5.17. The predicted molar refractivity (Wildman–Crippen MR) is 74.2 cm³/mol. The zero-order chi connectivity index (χ0) is 15.1. The number of sulfonamides is 1. The largest absolute Gasteiger partial charge is 0.330 e. The zero-order valence-electron chi connectivity index (χ0n) is 11.8. The third-order valence-electron chi connectivity index (χ3n) is 3.85.